The van der Waals surface area contributed by atoms with Gasteiger partial charge in [-0.15, -0.1) is 0 Å². The van der Waals surface area contributed by atoms with Gasteiger partial charge in [-0.1, -0.05) is 41.1 Å². The molecular weight excluding hydrogens is 356 g/mol. The lowest BCUT2D eigenvalue weighted by molar-refractivity contribution is -0.122. The van der Waals surface area contributed by atoms with E-state index in [9.17, 15) is 9.59 Å². The summed E-state index contributed by atoms with van der Waals surface area (Å²) in [7, 11) is 0. The lowest BCUT2D eigenvalue weighted by Gasteiger charge is -2.13. The monoisotopic (exact) mass is 378 g/mol. The third-order valence-corrected chi connectivity index (χ3v) is 4.23. The van der Waals surface area contributed by atoms with Gasteiger partial charge in [-0.05, 0) is 26.0 Å². The van der Waals surface area contributed by atoms with Gasteiger partial charge in [0.1, 0.15) is 6.04 Å². The minimum absolute atomic E-state index is 0.128. The van der Waals surface area contributed by atoms with Crippen LogP contribution in [0.15, 0.2) is 59.3 Å². The van der Waals surface area contributed by atoms with E-state index in [2.05, 4.69) is 20.8 Å². The fraction of sp³-hybridized carbons (Fsp3) is 0.238. The van der Waals surface area contributed by atoms with Crippen molar-refractivity contribution in [3.05, 3.63) is 71.7 Å². The molecule has 3 aromatic rings. The van der Waals surface area contributed by atoms with E-state index in [1.54, 1.807) is 19.2 Å². The van der Waals surface area contributed by atoms with Crippen molar-refractivity contribution in [2.45, 2.75) is 26.3 Å². The number of aromatic nitrogens is 2. The number of hydrogen-bond donors (Lipinski definition) is 2. The smallest absolute Gasteiger partial charge is 0.274 e. The molecule has 0 bridgehead atoms. The predicted molar refractivity (Wildman–Crippen MR) is 105 cm³/mol. The summed E-state index contributed by atoms with van der Waals surface area (Å²) in [5.74, 6) is -0.237. The van der Waals surface area contributed by atoms with Crippen LogP contribution in [0.3, 0.4) is 0 Å². The Morgan fingerprint density at radius 3 is 2.64 bits per heavy atom. The van der Waals surface area contributed by atoms with Gasteiger partial charge in [0.25, 0.3) is 5.91 Å². The number of amides is 2. The van der Waals surface area contributed by atoms with Crippen LogP contribution in [-0.2, 0) is 11.2 Å². The number of rotatable bonds is 7. The van der Waals surface area contributed by atoms with Crippen LogP contribution in [-0.4, -0.2) is 34.5 Å². The molecule has 3 rings (SSSR count). The molecule has 0 radical (unpaired) electrons. The Morgan fingerprint density at radius 1 is 1.14 bits per heavy atom. The second-order valence-electron chi connectivity index (χ2n) is 6.50. The first kappa shape index (κ1) is 19.3. The molecule has 28 heavy (non-hydrogen) atoms. The first-order valence-corrected chi connectivity index (χ1v) is 9.05. The minimum atomic E-state index is -0.698. The highest BCUT2D eigenvalue weighted by atomic mass is 16.5. The van der Waals surface area contributed by atoms with E-state index in [1.165, 1.54) is 0 Å². The highest BCUT2D eigenvalue weighted by molar-refractivity contribution is 5.96. The van der Waals surface area contributed by atoms with Crippen molar-refractivity contribution in [3.63, 3.8) is 0 Å². The molecule has 7 heteroatoms. The van der Waals surface area contributed by atoms with Crippen LogP contribution in [0.2, 0.25) is 0 Å². The van der Waals surface area contributed by atoms with Crippen LogP contribution in [0.5, 0.6) is 0 Å². The highest BCUT2D eigenvalue weighted by Gasteiger charge is 2.19. The van der Waals surface area contributed by atoms with Crippen molar-refractivity contribution in [1.82, 2.24) is 20.8 Å². The summed E-state index contributed by atoms with van der Waals surface area (Å²) >= 11 is 0. The lowest BCUT2D eigenvalue weighted by Crippen LogP contribution is -2.45. The lowest BCUT2D eigenvalue weighted by atomic mass is 10.1. The van der Waals surface area contributed by atoms with Crippen molar-refractivity contribution in [2.24, 2.45) is 0 Å². The number of carbonyl (C=O) groups is 2. The molecule has 0 aliphatic rings. The molecule has 0 aliphatic heterocycles. The van der Waals surface area contributed by atoms with Crippen LogP contribution in [0.25, 0.3) is 11.3 Å². The molecule has 0 fully saturated rings. The molecule has 7 nitrogen and oxygen atoms in total. The maximum atomic E-state index is 12.3. The zero-order valence-electron chi connectivity index (χ0n) is 15.8. The minimum Gasteiger partial charge on any atom is -0.355 e. The van der Waals surface area contributed by atoms with E-state index in [0.29, 0.717) is 18.7 Å². The molecule has 144 valence electrons. The molecule has 2 N–H and O–H groups in total. The molecule has 0 spiro atoms. The maximum absolute atomic E-state index is 12.3. The van der Waals surface area contributed by atoms with Gasteiger partial charge in [0, 0.05) is 36.5 Å². The van der Waals surface area contributed by atoms with E-state index in [0.717, 1.165) is 16.8 Å². The first-order chi connectivity index (χ1) is 13.5. The number of aryl methyl sites for hydroxylation is 1. The predicted octanol–water partition coefficient (Wildman–Crippen LogP) is 2.52. The van der Waals surface area contributed by atoms with E-state index in [4.69, 9.17) is 4.52 Å². The van der Waals surface area contributed by atoms with Crippen molar-refractivity contribution in [2.75, 3.05) is 6.54 Å². The summed E-state index contributed by atoms with van der Waals surface area (Å²) < 4.78 is 5.25. The van der Waals surface area contributed by atoms with Gasteiger partial charge in [-0.3, -0.25) is 14.6 Å². The normalized spacial score (nSPS) is 11.6. The van der Waals surface area contributed by atoms with Crippen molar-refractivity contribution < 1.29 is 14.1 Å². The fourth-order valence-electron chi connectivity index (χ4n) is 2.59. The van der Waals surface area contributed by atoms with Crippen LogP contribution >= 0.6 is 0 Å². The number of benzene rings is 1. The number of carbonyl (C=O) groups excluding carboxylic acids is 2. The van der Waals surface area contributed by atoms with Gasteiger partial charge in [0.15, 0.2) is 11.5 Å². The van der Waals surface area contributed by atoms with E-state index >= 15 is 0 Å². The van der Waals surface area contributed by atoms with Crippen LogP contribution < -0.4 is 10.6 Å². The first-order valence-electron chi connectivity index (χ1n) is 9.05. The standard InChI is InChI=1S/C21H22N4O3/c1-14-6-8-16(9-7-14)19-13-18(25-28-19)21(27)24-15(2)20(26)23-12-10-17-5-3-4-11-22-17/h3-9,11,13,15H,10,12H2,1-2H3,(H,23,26)(H,24,27). The zero-order valence-corrected chi connectivity index (χ0v) is 15.8. The van der Waals surface area contributed by atoms with Crippen LogP contribution in [0.1, 0.15) is 28.7 Å². The molecule has 2 amide bonds. The molecule has 0 saturated heterocycles. The van der Waals surface area contributed by atoms with Crippen molar-refractivity contribution >= 4 is 11.8 Å². The summed E-state index contributed by atoms with van der Waals surface area (Å²) in [5.41, 5.74) is 2.98. The molecular formula is C21H22N4O3. The Hall–Kier alpha value is -3.48. The van der Waals surface area contributed by atoms with E-state index < -0.39 is 11.9 Å². The van der Waals surface area contributed by atoms with Gasteiger partial charge in [-0.25, -0.2) is 0 Å². The summed E-state index contributed by atoms with van der Waals surface area (Å²) in [6.45, 7) is 4.05. The quantitative estimate of drug-likeness (QED) is 0.658. The molecule has 0 aliphatic carbocycles. The molecule has 1 atom stereocenters. The van der Waals surface area contributed by atoms with Crippen molar-refractivity contribution in [3.8, 4) is 11.3 Å². The fourth-order valence-corrected chi connectivity index (χ4v) is 2.59. The summed E-state index contributed by atoms with van der Waals surface area (Å²) in [6, 6.07) is 14.2. The van der Waals surface area contributed by atoms with Gasteiger partial charge in [0.2, 0.25) is 5.91 Å². The Kier molecular flexibility index (Phi) is 6.16. The third kappa shape index (κ3) is 5.03. The van der Waals surface area contributed by atoms with E-state index in [1.807, 2.05) is 49.4 Å². The van der Waals surface area contributed by atoms with Gasteiger partial charge < -0.3 is 15.2 Å². The van der Waals surface area contributed by atoms with Crippen LogP contribution in [0, 0.1) is 6.92 Å². The number of nitrogens with zero attached hydrogens (tertiary/aromatic N) is 2. The third-order valence-electron chi connectivity index (χ3n) is 4.23. The summed E-state index contributed by atoms with van der Waals surface area (Å²) in [4.78, 5) is 28.7. The second-order valence-corrected chi connectivity index (χ2v) is 6.50. The van der Waals surface area contributed by atoms with Crippen LogP contribution in [0.4, 0.5) is 0 Å². The van der Waals surface area contributed by atoms with E-state index in [-0.39, 0.29) is 11.6 Å². The average Bonchev–Trinajstić information content (AvgIpc) is 3.19. The Bertz CT molecular complexity index is 936. The number of hydrogen-bond acceptors (Lipinski definition) is 5. The largest absolute Gasteiger partial charge is 0.355 e. The zero-order chi connectivity index (χ0) is 19.9. The van der Waals surface area contributed by atoms with Gasteiger partial charge in [0.05, 0.1) is 0 Å². The summed E-state index contributed by atoms with van der Waals surface area (Å²) in [6.07, 6.45) is 2.33. The topological polar surface area (TPSA) is 97.1 Å². The average molecular weight is 378 g/mol. The maximum Gasteiger partial charge on any atom is 0.274 e. The number of pyridine rings is 1. The summed E-state index contributed by atoms with van der Waals surface area (Å²) in [5, 5.41) is 9.22. The molecule has 2 aromatic heterocycles. The molecule has 0 saturated carbocycles. The Labute approximate surface area is 163 Å². The number of nitrogens with one attached hydrogen (secondary N) is 2. The van der Waals surface area contributed by atoms with Crippen molar-refractivity contribution in [1.29, 1.82) is 0 Å². The molecule has 2 heterocycles. The van der Waals surface area contributed by atoms with Gasteiger partial charge >= 0.3 is 0 Å². The second kappa shape index (κ2) is 8.94. The highest BCUT2D eigenvalue weighted by Crippen LogP contribution is 2.20. The Balaban J connectivity index is 1.51. The van der Waals surface area contributed by atoms with Gasteiger partial charge in [-0.2, -0.15) is 0 Å². The molecule has 1 aromatic carbocycles. The molecule has 1 unspecified atom stereocenters. The SMILES string of the molecule is Cc1ccc(-c2cc(C(=O)NC(C)C(=O)NCCc3ccccn3)no2)cc1. The Morgan fingerprint density at radius 2 is 1.93 bits per heavy atom.